The molecule has 0 aliphatic carbocycles. The number of rotatable bonds is 4. The fourth-order valence-electron chi connectivity index (χ4n) is 2.09. The summed E-state index contributed by atoms with van der Waals surface area (Å²) >= 11 is 7.68. The predicted molar refractivity (Wildman–Crippen MR) is 81.3 cm³/mol. The van der Waals surface area contributed by atoms with Gasteiger partial charge in [0.15, 0.2) is 5.58 Å². The number of hydrogen-bond donors (Lipinski definition) is 2. The number of fused-ring (bicyclic) bond motifs is 1. The lowest BCUT2D eigenvalue weighted by atomic mass is 10.2. The average Bonchev–Trinajstić information content (AvgIpc) is 3.07. The summed E-state index contributed by atoms with van der Waals surface area (Å²) in [5.41, 5.74) is 3.44. The van der Waals surface area contributed by atoms with Gasteiger partial charge in [-0.15, -0.1) is 11.3 Å². The van der Waals surface area contributed by atoms with Gasteiger partial charge in [0, 0.05) is 15.6 Å². The molecule has 4 nitrogen and oxygen atoms in total. The van der Waals surface area contributed by atoms with E-state index in [1.807, 2.05) is 29.6 Å². The maximum absolute atomic E-state index is 6.13. The molecule has 0 spiro atoms. The van der Waals surface area contributed by atoms with Gasteiger partial charge in [-0.3, -0.25) is 5.84 Å². The Labute approximate surface area is 125 Å². The van der Waals surface area contributed by atoms with Crippen molar-refractivity contribution in [1.29, 1.82) is 0 Å². The Kier molecular flexibility index (Phi) is 3.67. The van der Waals surface area contributed by atoms with Crippen LogP contribution in [0.5, 0.6) is 5.75 Å². The fraction of sp³-hybridized carbons (Fsp3) is 0.143. The number of furan rings is 1. The Balaban J connectivity index is 2.04. The zero-order valence-corrected chi connectivity index (χ0v) is 12.3. The van der Waals surface area contributed by atoms with Gasteiger partial charge in [-0.1, -0.05) is 23.7 Å². The molecule has 104 valence electrons. The lowest BCUT2D eigenvalue weighted by Gasteiger charge is -2.10. The average molecular weight is 309 g/mol. The van der Waals surface area contributed by atoms with Crippen LogP contribution in [-0.2, 0) is 0 Å². The summed E-state index contributed by atoms with van der Waals surface area (Å²) in [6.45, 7) is 0. The van der Waals surface area contributed by atoms with Crippen LogP contribution < -0.4 is 16.0 Å². The highest BCUT2D eigenvalue weighted by Gasteiger charge is 2.20. The summed E-state index contributed by atoms with van der Waals surface area (Å²) in [6.07, 6.45) is 0. The Morgan fingerprint density at radius 2 is 2.25 bits per heavy atom. The van der Waals surface area contributed by atoms with E-state index in [0.717, 1.165) is 21.8 Å². The van der Waals surface area contributed by atoms with E-state index in [2.05, 4.69) is 5.43 Å². The number of halogens is 1. The van der Waals surface area contributed by atoms with E-state index >= 15 is 0 Å². The third-order valence-corrected chi connectivity index (χ3v) is 4.36. The van der Waals surface area contributed by atoms with Crippen LogP contribution in [0.3, 0.4) is 0 Å². The van der Waals surface area contributed by atoms with Crippen LogP contribution in [0.15, 0.2) is 40.1 Å². The molecule has 0 fully saturated rings. The second-order valence-corrected chi connectivity index (χ2v) is 5.65. The van der Waals surface area contributed by atoms with Crippen molar-refractivity contribution >= 4 is 33.9 Å². The number of methoxy groups -OCH3 is 1. The Bertz CT molecular complexity index is 738. The molecule has 3 aromatic rings. The first-order chi connectivity index (χ1) is 9.72. The largest absolute Gasteiger partial charge is 0.496 e. The summed E-state index contributed by atoms with van der Waals surface area (Å²) in [7, 11) is 1.64. The minimum absolute atomic E-state index is 0.229. The zero-order chi connectivity index (χ0) is 14.1. The van der Waals surface area contributed by atoms with Gasteiger partial charge in [0.05, 0.1) is 12.1 Å². The van der Waals surface area contributed by atoms with Crippen molar-refractivity contribution in [1.82, 2.24) is 5.43 Å². The molecule has 2 aromatic heterocycles. The Morgan fingerprint density at radius 1 is 1.40 bits per heavy atom. The van der Waals surface area contributed by atoms with Crippen molar-refractivity contribution in [2.75, 3.05) is 7.11 Å². The zero-order valence-electron chi connectivity index (χ0n) is 10.7. The number of para-hydroxylation sites is 1. The molecule has 0 bridgehead atoms. The number of hydrazine groups is 1. The smallest absolute Gasteiger partial charge is 0.152 e. The lowest BCUT2D eigenvalue weighted by Crippen LogP contribution is -2.27. The molecule has 3 N–H and O–H groups in total. The first-order valence-corrected chi connectivity index (χ1v) is 7.25. The van der Waals surface area contributed by atoms with Crippen LogP contribution in [0, 0.1) is 0 Å². The third kappa shape index (κ3) is 2.29. The number of nitrogens with one attached hydrogen (secondary N) is 1. The summed E-state index contributed by atoms with van der Waals surface area (Å²) < 4.78 is 11.0. The first kappa shape index (κ1) is 13.5. The van der Waals surface area contributed by atoms with E-state index in [0.29, 0.717) is 10.6 Å². The number of thiophene rings is 1. The molecule has 6 heteroatoms. The molecular formula is C14H13ClN2O2S. The molecule has 0 saturated heterocycles. The minimum atomic E-state index is -0.229. The molecule has 1 atom stereocenters. The molecule has 0 aliphatic heterocycles. The number of nitrogens with two attached hydrogens (primary N) is 1. The normalized spacial score (nSPS) is 12.8. The van der Waals surface area contributed by atoms with Gasteiger partial charge < -0.3 is 9.15 Å². The van der Waals surface area contributed by atoms with Crippen LogP contribution in [-0.4, -0.2) is 7.11 Å². The first-order valence-electron chi connectivity index (χ1n) is 5.99. The monoisotopic (exact) mass is 308 g/mol. The van der Waals surface area contributed by atoms with E-state index in [1.54, 1.807) is 24.5 Å². The van der Waals surface area contributed by atoms with E-state index in [-0.39, 0.29) is 6.04 Å². The van der Waals surface area contributed by atoms with Gasteiger partial charge in [-0.05, 0) is 18.2 Å². The standard InChI is InChI=1S/C14H13ClN2O2S/c1-18-9-6-12(20-7-9)13(17-16)11-5-8-3-2-4-10(15)14(8)19-11/h2-7,13,17H,16H2,1H3. The summed E-state index contributed by atoms with van der Waals surface area (Å²) in [5, 5.41) is 3.47. The Hall–Kier alpha value is -1.53. The van der Waals surface area contributed by atoms with Crippen molar-refractivity contribution in [3.05, 3.63) is 51.4 Å². The van der Waals surface area contributed by atoms with Crippen LogP contribution in [0.2, 0.25) is 5.02 Å². The number of benzene rings is 1. The van der Waals surface area contributed by atoms with E-state index in [9.17, 15) is 0 Å². The Morgan fingerprint density at radius 3 is 2.90 bits per heavy atom. The molecule has 20 heavy (non-hydrogen) atoms. The van der Waals surface area contributed by atoms with Gasteiger partial charge in [0.2, 0.25) is 0 Å². The van der Waals surface area contributed by atoms with Gasteiger partial charge in [0.1, 0.15) is 17.6 Å². The number of ether oxygens (including phenoxy) is 1. The van der Waals surface area contributed by atoms with Crippen molar-refractivity contribution < 1.29 is 9.15 Å². The second kappa shape index (κ2) is 5.46. The maximum Gasteiger partial charge on any atom is 0.152 e. The summed E-state index contributed by atoms with van der Waals surface area (Å²) in [6, 6.07) is 9.30. The molecule has 1 unspecified atom stereocenters. The van der Waals surface area contributed by atoms with Gasteiger partial charge in [-0.2, -0.15) is 0 Å². The molecular weight excluding hydrogens is 296 g/mol. The highest BCUT2D eigenvalue weighted by molar-refractivity contribution is 7.10. The van der Waals surface area contributed by atoms with Crippen molar-refractivity contribution in [3.8, 4) is 5.75 Å². The second-order valence-electron chi connectivity index (χ2n) is 4.30. The molecule has 2 heterocycles. The quantitative estimate of drug-likeness (QED) is 0.570. The topological polar surface area (TPSA) is 60.4 Å². The van der Waals surface area contributed by atoms with Gasteiger partial charge in [0.25, 0.3) is 0 Å². The third-order valence-electron chi connectivity index (χ3n) is 3.08. The van der Waals surface area contributed by atoms with Crippen molar-refractivity contribution in [2.45, 2.75) is 6.04 Å². The van der Waals surface area contributed by atoms with Crippen LogP contribution in [0.1, 0.15) is 16.7 Å². The molecule has 1 aromatic carbocycles. The maximum atomic E-state index is 6.13. The molecule has 0 radical (unpaired) electrons. The SMILES string of the molecule is COc1csc(C(NN)c2cc3cccc(Cl)c3o2)c1. The summed E-state index contributed by atoms with van der Waals surface area (Å²) in [5.74, 6) is 7.20. The van der Waals surface area contributed by atoms with Crippen LogP contribution in [0.25, 0.3) is 11.0 Å². The van der Waals surface area contributed by atoms with Crippen molar-refractivity contribution in [3.63, 3.8) is 0 Å². The van der Waals surface area contributed by atoms with Gasteiger partial charge in [-0.25, -0.2) is 5.43 Å². The summed E-state index contributed by atoms with van der Waals surface area (Å²) in [4.78, 5) is 1.01. The highest BCUT2D eigenvalue weighted by atomic mass is 35.5. The lowest BCUT2D eigenvalue weighted by molar-refractivity contribution is 0.415. The number of hydrogen-bond acceptors (Lipinski definition) is 5. The molecule has 0 amide bonds. The molecule has 0 saturated carbocycles. The van der Waals surface area contributed by atoms with Crippen LogP contribution >= 0.6 is 22.9 Å². The molecule has 0 aliphatic rings. The van der Waals surface area contributed by atoms with Crippen molar-refractivity contribution in [2.24, 2.45) is 5.84 Å². The minimum Gasteiger partial charge on any atom is -0.496 e. The van der Waals surface area contributed by atoms with E-state index < -0.39 is 0 Å². The van der Waals surface area contributed by atoms with Crippen LogP contribution in [0.4, 0.5) is 0 Å². The van der Waals surface area contributed by atoms with Gasteiger partial charge >= 0.3 is 0 Å². The predicted octanol–water partition coefficient (Wildman–Crippen LogP) is 3.71. The fourth-order valence-corrected chi connectivity index (χ4v) is 3.23. The highest BCUT2D eigenvalue weighted by Crippen LogP contribution is 2.35. The van der Waals surface area contributed by atoms with E-state index in [4.69, 9.17) is 26.6 Å². The van der Waals surface area contributed by atoms with E-state index in [1.165, 1.54) is 0 Å². The molecule has 3 rings (SSSR count).